The Bertz CT molecular complexity index is 2160. The van der Waals surface area contributed by atoms with Crippen molar-refractivity contribution in [3.8, 4) is 11.1 Å². The SMILES string of the molecule is Cc1cc(-c2cc(Cl)c3c(c2)CNC(=O)C(Cc2c[nH]c4ccccc24)N(C)C(=O)C(CCCCN)NC(=O)C(CCCN)NCc2cccnc2S3)ccn1. The van der Waals surface area contributed by atoms with Crippen molar-refractivity contribution in [3.05, 3.63) is 107 Å². The smallest absolute Gasteiger partial charge is 0.245 e. The van der Waals surface area contributed by atoms with Gasteiger partial charge < -0.3 is 37.3 Å². The first-order chi connectivity index (χ1) is 27.2. The largest absolute Gasteiger partial charge is 0.361 e. The number of amides is 3. The Morgan fingerprint density at radius 1 is 0.857 bits per heavy atom. The highest BCUT2D eigenvalue weighted by molar-refractivity contribution is 7.99. The third-order valence-electron chi connectivity index (χ3n) is 10.2. The summed E-state index contributed by atoms with van der Waals surface area (Å²) in [5.41, 5.74) is 17.9. The highest BCUT2D eigenvalue weighted by Crippen LogP contribution is 2.40. The van der Waals surface area contributed by atoms with E-state index in [1.807, 2.05) is 73.8 Å². The minimum Gasteiger partial charge on any atom is -0.361 e. The molecule has 3 atom stereocenters. The number of aromatic amines is 1. The summed E-state index contributed by atoms with van der Waals surface area (Å²) in [7, 11) is 1.63. The van der Waals surface area contributed by atoms with Gasteiger partial charge in [-0.15, -0.1) is 0 Å². The highest BCUT2D eigenvalue weighted by Gasteiger charge is 2.34. The van der Waals surface area contributed by atoms with E-state index in [2.05, 4.69) is 25.9 Å². The number of nitrogens with one attached hydrogen (secondary N) is 4. The van der Waals surface area contributed by atoms with E-state index >= 15 is 0 Å². The number of carbonyl (C=O) groups excluding carboxylic acids is 3. The first kappa shape index (κ1) is 40.9. The van der Waals surface area contributed by atoms with E-state index < -0.39 is 18.1 Å². The van der Waals surface area contributed by atoms with Crippen molar-refractivity contribution in [1.82, 2.24) is 35.8 Å². The van der Waals surface area contributed by atoms with Crippen LogP contribution in [0.1, 0.15) is 54.5 Å². The van der Waals surface area contributed by atoms with Gasteiger partial charge in [-0.05, 0) is 116 Å². The molecule has 4 heterocycles. The van der Waals surface area contributed by atoms with Crippen LogP contribution in [0.25, 0.3) is 22.0 Å². The van der Waals surface area contributed by atoms with Gasteiger partial charge in [0.15, 0.2) is 0 Å². The Balaban J connectivity index is 1.45. The van der Waals surface area contributed by atoms with E-state index in [4.69, 9.17) is 28.1 Å². The van der Waals surface area contributed by atoms with E-state index in [0.717, 1.165) is 49.3 Å². The summed E-state index contributed by atoms with van der Waals surface area (Å²) in [6.45, 7) is 3.25. The van der Waals surface area contributed by atoms with Crippen molar-refractivity contribution in [2.24, 2.45) is 11.5 Å². The molecule has 8 N–H and O–H groups in total. The zero-order chi connectivity index (χ0) is 39.6. The lowest BCUT2D eigenvalue weighted by Gasteiger charge is -2.32. The first-order valence-electron chi connectivity index (χ1n) is 19.1. The molecule has 3 amide bonds. The molecule has 0 saturated heterocycles. The maximum atomic E-state index is 14.6. The fraction of sp³-hybridized carbons (Fsp3) is 0.357. The lowest BCUT2D eigenvalue weighted by atomic mass is 10.0. The lowest BCUT2D eigenvalue weighted by molar-refractivity contribution is -0.142. The molecule has 6 rings (SSSR count). The van der Waals surface area contributed by atoms with Crippen LogP contribution in [0.5, 0.6) is 0 Å². The van der Waals surface area contributed by atoms with Crippen LogP contribution in [0, 0.1) is 6.92 Å². The molecule has 0 saturated carbocycles. The van der Waals surface area contributed by atoms with Gasteiger partial charge in [-0.1, -0.05) is 47.6 Å². The number of para-hydroxylation sites is 1. The molecular formula is C42H50ClN9O3S. The average Bonchev–Trinajstić information content (AvgIpc) is 3.61. The maximum Gasteiger partial charge on any atom is 0.245 e. The fourth-order valence-corrected chi connectivity index (χ4v) is 8.40. The normalized spacial score (nSPS) is 18.6. The van der Waals surface area contributed by atoms with Crippen LogP contribution in [-0.4, -0.2) is 75.8 Å². The molecule has 0 radical (unpaired) electrons. The summed E-state index contributed by atoms with van der Waals surface area (Å²) in [5, 5.41) is 11.8. The van der Waals surface area contributed by atoms with Gasteiger partial charge >= 0.3 is 0 Å². The van der Waals surface area contributed by atoms with Crippen LogP contribution < -0.4 is 27.4 Å². The lowest BCUT2D eigenvalue weighted by Crippen LogP contribution is -2.57. The molecule has 3 unspecified atom stereocenters. The molecule has 14 heteroatoms. The Morgan fingerprint density at radius 2 is 1.66 bits per heavy atom. The van der Waals surface area contributed by atoms with E-state index in [0.29, 0.717) is 61.8 Å². The van der Waals surface area contributed by atoms with Crippen LogP contribution in [-0.2, 0) is 33.9 Å². The number of hydrogen-bond donors (Lipinski definition) is 6. The number of unbranched alkanes of at least 4 members (excludes halogenated alkanes) is 1. The molecule has 12 nitrogen and oxygen atoms in total. The Morgan fingerprint density at radius 3 is 2.46 bits per heavy atom. The molecule has 0 aliphatic carbocycles. The van der Waals surface area contributed by atoms with Gasteiger partial charge in [0.05, 0.1) is 11.1 Å². The Hall–Kier alpha value is -4.79. The summed E-state index contributed by atoms with van der Waals surface area (Å²) in [6.07, 6.45) is 8.32. The minimum atomic E-state index is -0.919. The summed E-state index contributed by atoms with van der Waals surface area (Å²) >= 11 is 8.54. The second kappa shape index (κ2) is 19.4. The summed E-state index contributed by atoms with van der Waals surface area (Å²) in [5.74, 6) is -1.02. The van der Waals surface area contributed by atoms with Crippen LogP contribution >= 0.6 is 23.4 Å². The van der Waals surface area contributed by atoms with E-state index in [1.165, 1.54) is 16.7 Å². The number of nitrogens with two attached hydrogens (primary N) is 2. The third-order valence-corrected chi connectivity index (χ3v) is 11.8. The first-order valence-corrected chi connectivity index (χ1v) is 20.3. The zero-order valence-electron chi connectivity index (χ0n) is 31.8. The summed E-state index contributed by atoms with van der Waals surface area (Å²) < 4.78 is 0. The van der Waals surface area contributed by atoms with Crippen LogP contribution in [0.3, 0.4) is 0 Å². The molecule has 1 aliphatic heterocycles. The quantitative estimate of drug-likeness (QED) is 0.103. The van der Waals surface area contributed by atoms with Crippen LogP contribution in [0.15, 0.2) is 89.2 Å². The molecule has 294 valence electrons. The van der Waals surface area contributed by atoms with Gasteiger partial charge in [0.2, 0.25) is 17.7 Å². The average molecular weight is 796 g/mol. The standard InChI is InChI=1S/C42H50ClN9O3S/c1-26-19-27(14-18-46-26)29-20-31-25-50-40(54)37(22-30-24-48-34-11-4-3-10-32(30)34)52(2)42(55)36(12-5-6-15-44)51-39(53)35(13-7-16-45)49-23-28-9-8-17-47-41(28)56-38(31)33(43)21-29/h3-4,8-11,14,17-21,24,35-37,48-49H,5-7,12-13,15-16,22-23,25,44-45H2,1-2H3,(H,50,54)(H,51,53). The zero-order valence-corrected chi connectivity index (χ0v) is 33.4. The number of halogens is 1. The van der Waals surface area contributed by atoms with Crippen molar-refractivity contribution in [1.29, 1.82) is 0 Å². The topological polar surface area (TPSA) is 184 Å². The van der Waals surface area contributed by atoms with Gasteiger partial charge in [-0.3, -0.25) is 19.4 Å². The maximum absolute atomic E-state index is 14.6. The van der Waals surface area contributed by atoms with Gasteiger partial charge in [0.25, 0.3) is 0 Å². The second-order valence-corrected chi connectivity index (χ2v) is 15.6. The molecular weight excluding hydrogens is 746 g/mol. The number of H-pyrrole nitrogens is 1. The van der Waals surface area contributed by atoms with Crippen molar-refractivity contribution in [3.63, 3.8) is 0 Å². The van der Waals surface area contributed by atoms with Gasteiger partial charge in [-0.25, -0.2) is 4.98 Å². The number of nitrogens with zero attached hydrogens (tertiary/aromatic N) is 3. The highest BCUT2D eigenvalue weighted by atomic mass is 35.5. The number of pyridine rings is 2. The predicted molar refractivity (Wildman–Crippen MR) is 222 cm³/mol. The molecule has 1 aliphatic rings. The number of fused-ring (bicyclic) bond motifs is 3. The number of hydrogen-bond acceptors (Lipinski definition) is 9. The fourth-order valence-electron chi connectivity index (χ4n) is 7.05. The van der Waals surface area contributed by atoms with Crippen molar-refractivity contribution in [2.75, 3.05) is 20.1 Å². The van der Waals surface area contributed by atoms with Crippen molar-refractivity contribution < 1.29 is 14.4 Å². The molecule has 5 aromatic rings. The molecule has 56 heavy (non-hydrogen) atoms. The number of carbonyl (C=O) groups is 3. The second-order valence-electron chi connectivity index (χ2n) is 14.2. The number of benzene rings is 2. The summed E-state index contributed by atoms with van der Waals surface area (Å²) in [4.78, 5) is 57.8. The predicted octanol–water partition coefficient (Wildman–Crippen LogP) is 5.25. The van der Waals surface area contributed by atoms with Crippen LogP contribution in [0.4, 0.5) is 0 Å². The number of likely N-dealkylation sites (N-methyl/N-ethyl adjacent to an activating group) is 1. The number of aryl methyl sites for hydroxylation is 1. The van der Waals surface area contributed by atoms with Crippen LogP contribution in [0.2, 0.25) is 5.02 Å². The van der Waals surface area contributed by atoms with Crippen molar-refractivity contribution in [2.45, 2.75) is 86.6 Å². The molecule has 2 aromatic carbocycles. The van der Waals surface area contributed by atoms with E-state index in [-0.39, 0.29) is 30.7 Å². The van der Waals surface area contributed by atoms with E-state index in [1.54, 1.807) is 19.4 Å². The monoisotopic (exact) mass is 795 g/mol. The van der Waals surface area contributed by atoms with Crippen molar-refractivity contribution >= 4 is 52.0 Å². The molecule has 3 aromatic heterocycles. The summed E-state index contributed by atoms with van der Waals surface area (Å²) in [6, 6.07) is 17.1. The molecule has 0 fully saturated rings. The molecule has 0 spiro atoms. The van der Waals surface area contributed by atoms with Gasteiger partial charge in [0.1, 0.15) is 17.1 Å². The van der Waals surface area contributed by atoms with E-state index in [9.17, 15) is 14.4 Å². The minimum absolute atomic E-state index is 0.128. The Labute approximate surface area is 336 Å². The van der Waals surface area contributed by atoms with Gasteiger partial charge in [-0.2, -0.15) is 0 Å². The number of rotatable bonds is 10. The number of aromatic nitrogens is 3. The Kier molecular flexibility index (Phi) is 14.1. The molecule has 0 bridgehead atoms. The van der Waals surface area contributed by atoms with Gasteiger partial charge in [0, 0.05) is 66.6 Å². The third kappa shape index (κ3) is 9.95.